The zero-order chi connectivity index (χ0) is 26.4. The minimum absolute atomic E-state index is 0.0867. The predicted molar refractivity (Wildman–Crippen MR) is 139 cm³/mol. The number of rotatable bonds is 6. The predicted octanol–water partition coefficient (Wildman–Crippen LogP) is 4.48. The van der Waals surface area contributed by atoms with E-state index in [9.17, 15) is 14.4 Å². The van der Waals surface area contributed by atoms with E-state index >= 15 is 0 Å². The maximum atomic E-state index is 13.9. The van der Waals surface area contributed by atoms with Gasteiger partial charge in [-0.15, -0.1) is 0 Å². The minimum atomic E-state index is -1.67. The summed E-state index contributed by atoms with van der Waals surface area (Å²) >= 11 is 0. The largest absolute Gasteiger partial charge is 0.462 e. The van der Waals surface area contributed by atoms with Crippen molar-refractivity contribution in [1.82, 2.24) is 9.55 Å². The molecule has 0 bridgehead atoms. The molecule has 8 nitrogen and oxygen atoms in total. The lowest BCUT2D eigenvalue weighted by Gasteiger charge is -2.37. The molecule has 0 fully saturated rings. The van der Waals surface area contributed by atoms with Crippen molar-refractivity contribution in [2.45, 2.75) is 45.6 Å². The Hall–Kier alpha value is -4.30. The molecule has 1 atom stereocenters. The van der Waals surface area contributed by atoms with Crippen LogP contribution in [0.5, 0.6) is 0 Å². The van der Waals surface area contributed by atoms with Gasteiger partial charge in [-0.05, 0) is 31.0 Å². The molecule has 8 heteroatoms. The van der Waals surface area contributed by atoms with Gasteiger partial charge < -0.3 is 18.8 Å². The quantitative estimate of drug-likeness (QED) is 0.311. The minimum Gasteiger partial charge on any atom is -0.462 e. The number of ether oxygens (including phenoxy) is 3. The number of hydrogen-bond acceptors (Lipinski definition) is 7. The van der Waals surface area contributed by atoms with Gasteiger partial charge >= 0.3 is 11.9 Å². The number of carbonyl (C=O) groups excluding carboxylic acids is 2. The highest BCUT2D eigenvalue weighted by Crippen LogP contribution is 2.44. The summed E-state index contributed by atoms with van der Waals surface area (Å²) in [6.07, 6.45) is 0.152. The Balaban J connectivity index is 1.64. The molecule has 1 unspecified atom stereocenters. The van der Waals surface area contributed by atoms with Crippen molar-refractivity contribution in [3.63, 3.8) is 0 Å². The van der Waals surface area contributed by atoms with E-state index in [-0.39, 0.29) is 55.0 Å². The van der Waals surface area contributed by atoms with Crippen LogP contribution in [0.4, 0.5) is 0 Å². The second-order valence-corrected chi connectivity index (χ2v) is 9.41. The van der Waals surface area contributed by atoms with Gasteiger partial charge in [-0.1, -0.05) is 55.5 Å². The first kappa shape index (κ1) is 24.1. The number of hydrogen-bond donors (Lipinski definition) is 0. The first-order valence-corrected chi connectivity index (χ1v) is 12.7. The number of pyridine rings is 2. The molecule has 2 aliphatic rings. The SMILES string of the molecule is CCOC(=O)c1c2c(c(=O)n3c1-c1nc4ccccc4cc1C3)COC(=O)C2(CC)OCc1ccccc1. The van der Waals surface area contributed by atoms with E-state index in [4.69, 9.17) is 19.2 Å². The van der Waals surface area contributed by atoms with Crippen LogP contribution < -0.4 is 5.56 Å². The van der Waals surface area contributed by atoms with Gasteiger partial charge in [-0.2, -0.15) is 0 Å². The lowest BCUT2D eigenvalue weighted by Crippen LogP contribution is -2.48. The summed E-state index contributed by atoms with van der Waals surface area (Å²) in [6, 6.07) is 19.0. The normalized spacial score (nSPS) is 17.5. The van der Waals surface area contributed by atoms with E-state index < -0.39 is 17.5 Å². The number of benzene rings is 2. The third kappa shape index (κ3) is 3.55. The van der Waals surface area contributed by atoms with E-state index in [1.807, 2.05) is 60.7 Å². The van der Waals surface area contributed by atoms with Crippen LogP contribution >= 0.6 is 0 Å². The topological polar surface area (TPSA) is 96.7 Å². The highest BCUT2D eigenvalue weighted by Gasteiger charge is 2.51. The van der Waals surface area contributed by atoms with Gasteiger partial charge in [-0.25, -0.2) is 14.6 Å². The molecule has 0 saturated carbocycles. The molecule has 4 aromatic rings. The van der Waals surface area contributed by atoms with Crippen LogP contribution in [0.2, 0.25) is 0 Å². The first-order chi connectivity index (χ1) is 18.5. The summed E-state index contributed by atoms with van der Waals surface area (Å²) < 4.78 is 18.9. The fraction of sp³-hybridized carbons (Fsp3) is 0.267. The van der Waals surface area contributed by atoms with E-state index in [0.717, 1.165) is 22.0 Å². The molecule has 0 N–H and O–H groups in total. The number of aromatic nitrogens is 2. The van der Waals surface area contributed by atoms with Gasteiger partial charge in [-0.3, -0.25) is 4.79 Å². The fourth-order valence-electron chi connectivity index (χ4n) is 5.50. The molecule has 2 aliphatic heterocycles. The monoisotopic (exact) mass is 510 g/mol. The smallest absolute Gasteiger partial charge is 0.343 e. The van der Waals surface area contributed by atoms with Gasteiger partial charge in [0.15, 0.2) is 5.60 Å². The highest BCUT2D eigenvalue weighted by atomic mass is 16.6. The molecule has 0 aliphatic carbocycles. The number of nitrogens with zero attached hydrogens (tertiary/aromatic N) is 2. The van der Waals surface area contributed by atoms with E-state index in [1.54, 1.807) is 18.4 Å². The molecule has 2 aromatic carbocycles. The number of para-hydroxylation sites is 1. The van der Waals surface area contributed by atoms with Gasteiger partial charge in [0.2, 0.25) is 0 Å². The van der Waals surface area contributed by atoms with Crippen LogP contribution in [0.3, 0.4) is 0 Å². The molecule has 0 amide bonds. The molecule has 2 aromatic heterocycles. The van der Waals surface area contributed by atoms with Crippen LogP contribution in [0.25, 0.3) is 22.3 Å². The van der Waals surface area contributed by atoms with Crippen molar-refractivity contribution in [2.24, 2.45) is 0 Å². The van der Waals surface area contributed by atoms with Crippen molar-refractivity contribution >= 4 is 22.8 Å². The van der Waals surface area contributed by atoms with Crippen molar-refractivity contribution in [3.05, 3.63) is 98.8 Å². The maximum Gasteiger partial charge on any atom is 0.343 e. The molecule has 192 valence electrons. The molecule has 38 heavy (non-hydrogen) atoms. The number of esters is 2. The zero-order valence-electron chi connectivity index (χ0n) is 21.2. The van der Waals surface area contributed by atoms with Gasteiger partial charge in [0.1, 0.15) is 6.61 Å². The summed E-state index contributed by atoms with van der Waals surface area (Å²) in [5.74, 6) is -1.27. The average molecular weight is 511 g/mol. The maximum absolute atomic E-state index is 13.9. The van der Waals surface area contributed by atoms with Gasteiger partial charge in [0, 0.05) is 16.5 Å². The second-order valence-electron chi connectivity index (χ2n) is 9.41. The Morgan fingerprint density at radius 1 is 1.08 bits per heavy atom. The summed E-state index contributed by atoms with van der Waals surface area (Å²) in [6.45, 7) is 3.70. The van der Waals surface area contributed by atoms with Crippen LogP contribution in [0.1, 0.15) is 52.9 Å². The first-order valence-electron chi connectivity index (χ1n) is 12.7. The molecular formula is C30H26N2O6. The highest BCUT2D eigenvalue weighted by molar-refractivity contribution is 6.02. The molecular weight excluding hydrogens is 484 g/mol. The van der Waals surface area contributed by atoms with E-state index in [0.29, 0.717) is 11.4 Å². The van der Waals surface area contributed by atoms with Gasteiger partial charge in [0.05, 0.1) is 47.8 Å². The zero-order valence-corrected chi connectivity index (χ0v) is 21.2. The lowest BCUT2D eigenvalue weighted by molar-refractivity contribution is -0.183. The summed E-state index contributed by atoms with van der Waals surface area (Å²) in [5.41, 5.74) is 1.85. The van der Waals surface area contributed by atoms with Crippen LogP contribution in [-0.4, -0.2) is 28.1 Å². The fourth-order valence-corrected chi connectivity index (χ4v) is 5.50. The van der Waals surface area contributed by atoms with Crippen molar-refractivity contribution in [1.29, 1.82) is 0 Å². The summed E-state index contributed by atoms with van der Waals surface area (Å²) in [4.78, 5) is 45.9. The van der Waals surface area contributed by atoms with Crippen LogP contribution in [-0.2, 0) is 44.4 Å². The Labute approximate surface area is 218 Å². The van der Waals surface area contributed by atoms with E-state index in [2.05, 4.69) is 0 Å². The Morgan fingerprint density at radius 3 is 2.61 bits per heavy atom. The Bertz CT molecular complexity index is 1660. The molecule has 6 rings (SSSR count). The van der Waals surface area contributed by atoms with Crippen LogP contribution in [0, 0.1) is 0 Å². The molecule has 4 heterocycles. The van der Waals surface area contributed by atoms with Crippen molar-refractivity contribution in [3.8, 4) is 11.4 Å². The third-order valence-electron chi connectivity index (χ3n) is 7.30. The second kappa shape index (κ2) is 9.22. The van der Waals surface area contributed by atoms with E-state index in [1.165, 1.54) is 0 Å². The number of carbonyl (C=O) groups is 2. The Morgan fingerprint density at radius 2 is 1.84 bits per heavy atom. The Kier molecular flexibility index (Phi) is 5.84. The standard InChI is InChI=1S/C30H26N2O6/c1-3-30(38-16-18-10-6-5-7-11-18)24-21(17-37-29(30)35)27(33)32-15-20-14-19-12-8-9-13-22(19)31-25(20)26(32)23(24)28(34)36-4-2/h5-14H,3-4,15-17H2,1-2H3. The van der Waals surface area contributed by atoms with Gasteiger partial charge in [0.25, 0.3) is 5.56 Å². The molecule has 0 radical (unpaired) electrons. The summed E-state index contributed by atoms with van der Waals surface area (Å²) in [5, 5.41) is 0.933. The summed E-state index contributed by atoms with van der Waals surface area (Å²) in [7, 11) is 0. The number of fused-ring (bicyclic) bond motifs is 5. The van der Waals surface area contributed by atoms with Crippen LogP contribution in [0.15, 0.2) is 65.5 Å². The molecule has 0 saturated heterocycles. The average Bonchev–Trinajstić information content (AvgIpc) is 3.31. The van der Waals surface area contributed by atoms with Crippen molar-refractivity contribution < 1.29 is 23.8 Å². The third-order valence-corrected chi connectivity index (χ3v) is 7.30. The van der Waals surface area contributed by atoms with Crippen molar-refractivity contribution in [2.75, 3.05) is 6.61 Å². The molecule has 0 spiro atoms. The number of cyclic esters (lactones) is 1. The lowest BCUT2D eigenvalue weighted by atomic mass is 9.81.